The number of nitrogens with one attached hydrogen (secondary N) is 1. The Labute approximate surface area is 174 Å². The van der Waals surface area contributed by atoms with E-state index in [9.17, 15) is 5.11 Å². The maximum Gasteiger partial charge on any atom is 0.123 e. The minimum absolute atomic E-state index is 0.0846. The van der Waals surface area contributed by atoms with Gasteiger partial charge in [-0.1, -0.05) is 60.7 Å². The van der Waals surface area contributed by atoms with Crippen molar-refractivity contribution in [2.24, 2.45) is 0 Å². The molecule has 0 aliphatic rings. The van der Waals surface area contributed by atoms with Crippen molar-refractivity contribution < 1.29 is 14.6 Å². The molecule has 5 heteroatoms. The molecule has 0 amide bonds. The minimum Gasteiger partial charge on any atom is -0.497 e. The summed E-state index contributed by atoms with van der Waals surface area (Å²) >= 11 is 0. The van der Waals surface area contributed by atoms with Gasteiger partial charge >= 0.3 is 0 Å². The molecule has 152 valence electrons. The number of hydrogen-bond acceptors (Lipinski definition) is 4. The monoisotopic (exact) mass is 409 g/mol. The second-order valence-corrected chi connectivity index (χ2v) is 9.05. The normalized spacial score (nSPS) is 14.1. The Morgan fingerprint density at radius 3 is 1.93 bits per heavy atom. The lowest BCUT2D eigenvalue weighted by atomic mass is 10.0. The van der Waals surface area contributed by atoms with Crippen LogP contribution in [0.5, 0.6) is 11.5 Å². The van der Waals surface area contributed by atoms with E-state index in [2.05, 4.69) is 41.7 Å². The Kier molecular flexibility index (Phi) is 7.65. The van der Waals surface area contributed by atoms with Crippen LogP contribution >= 0.6 is 7.92 Å². The first-order chi connectivity index (χ1) is 14.1. The average Bonchev–Trinajstić information content (AvgIpc) is 2.79. The lowest BCUT2D eigenvalue weighted by Gasteiger charge is -2.25. The van der Waals surface area contributed by atoms with Crippen LogP contribution in [0.2, 0.25) is 0 Å². The van der Waals surface area contributed by atoms with E-state index in [0.29, 0.717) is 0 Å². The first-order valence-corrected chi connectivity index (χ1v) is 11.2. The van der Waals surface area contributed by atoms with Crippen LogP contribution in [-0.2, 0) is 0 Å². The molecular weight excluding hydrogens is 381 g/mol. The van der Waals surface area contributed by atoms with Crippen LogP contribution in [0.25, 0.3) is 0 Å². The Morgan fingerprint density at radius 2 is 1.38 bits per heavy atom. The van der Waals surface area contributed by atoms with Gasteiger partial charge in [-0.2, -0.15) is 0 Å². The van der Waals surface area contributed by atoms with Crippen LogP contribution in [0.3, 0.4) is 0 Å². The maximum atomic E-state index is 10.7. The standard InChI is InChI=1S/C24H28NO3P/c1-18(24(26)19-10-6-4-7-11-19)25-17-29(22-12-8-5-9-13-22)23-15-20(27-2)14-21(16-23)28-3/h4-16,18,24-26H,17H2,1-3H3/t18-,24?,29?/m0/s1. The molecule has 0 saturated heterocycles. The van der Waals surface area contributed by atoms with E-state index in [1.165, 1.54) is 5.30 Å². The molecule has 0 aliphatic carbocycles. The molecule has 0 aromatic heterocycles. The summed E-state index contributed by atoms with van der Waals surface area (Å²) in [6.45, 7) is 2.02. The van der Waals surface area contributed by atoms with Gasteiger partial charge in [-0.15, -0.1) is 0 Å². The van der Waals surface area contributed by atoms with Crippen LogP contribution < -0.4 is 25.4 Å². The third-order valence-electron chi connectivity index (χ3n) is 4.90. The van der Waals surface area contributed by atoms with Gasteiger partial charge < -0.3 is 19.9 Å². The van der Waals surface area contributed by atoms with Crippen LogP contribution in [-0.4, -0.2) is 31.7 Å². The Balaban J connectivity index is 1.84. The predicted molar refractivity (Wildman–Crippen MR) is 121 cm³/mol. The molecule has 0 bridgehead atoms. The first-order valence-electron chi connectivity index (χ1n) is 9.64. The number of aliphatic hydroxyl groups is 1. The van der Waals surface area contributed by atoms with E-state index in [-0.39, 0.29) is 6.04 Å². The molecule has 0 fully saturated rings. The molecule has 3 rings (SSSR count). The summed E-state index contributed by atoms with van der Waals surface area (Å²) in [4.78, 5) is 0. The van der Waals surface area contributed by atoms with Gasteiger partial charge in [0.15, 0.2) is 0 Å². The highest BCUT2D eigenvalue weighted by Gasteiger charge is 2.20. The molecule has 0 saturated carbocycles. The van der Waals surface area contributed by atoms with Crippen molar-refractivity contribution >= 4 is 18.5 Å². The second-order valence-electron chi connectivity index (χ2n) is 6.84. The molecule has 2 N–H and O–H groups in total. The zero-order valence-corrected chi connectivity index (χ0v) is 18.0. The van der Waals surface area contributed by atoms with Gasteiger partial charge in [0.25, 0.3) is 0 Å². The number of aliphatic hydroxyl groups excluding tert-OH is 1. The van der Waals surface area contributed by atoms with E-state index in [1.807, 2.05) is 49.4 Å². The van der Waals surface area contributed by atoms with Gasteiger partial charge in [0.1, 0.15) is 11.5 Å². The fourth-order valence-electron chi connectivity index (χ4n) is 3.17. The molecule has 3 aromatic carbocycles. The molecule has 2 unspecified atom stereocenters. The van der Waals surface area contributed by atoms with Crippen LogP contribution in [0.15, 0.2) is 78.9 Å². The highest BCUT2D eigenvalue weighted by atomic mass is 31.1. The molecule has 0 heterocycles. The average molecular weight is 409 g/mol. The molecule has 0 spiro atoms. The van der Waals surface area contributed by atoms with Gasteiger partial charge in [-0.25, -0.2) is 0 Å². The van der Waals surface area contributed by atoms with E-state index in [4.69, 9.17) is 9.47 Å². The smallest absolute Gasteiger partial charge is 0.123 e. The highest BCUT2D eigenvalue weighted by molar-refractivity contribution is 7.72. The summed E-state index contributed by atoms with van der Waals surface area (Å²) in [5.74, 6) is 1.56. The zero-order chi connectivity index (χ0) is 20.6. The van der Waals surface area contributed by atoms with Crippen LogP contribution in [0, 0.1) is 0 Å². The molecule has 3 aromatic rings. The van der Waals surface area contributed by atoms with Gasteiger partial charge in [0, 0.05) is 18.4 Å². The third kappa shape index (κ3) is 5.57. The summed E-state index contributed by atoms with van der Waals surface area (Å²) in [5, 5.41) is 16.7. The van der Waals surface area contributed by atoms with Crippen LogP contribution in [0.4, 0.5) is 0 Å². The molecule has 4 nitrogen and oxygen atoms in total. The number of methoxy groups -OCH3 is 2. The Hall–Kier alpha value is -2.39. The Bertz CT molecular complexity index is 867. The van der Waals surface area contributed by atoms with E-state index in [1.54, 1.807) is 14.2 Å². The van der Waals surface area contributed by atoms with Crippen LogP contribution in [0.1, 0.15) is 18.6 Å². The van der Waals surface area contributed by atoms with E-state index < -0.39 is 14.0 Å². The molecule has 0 aliphatic heterocycles. The highest BCUT2D eigenvalue weighted by Crippen LogP contribution is 2.35. The lowest BCUT2D eigenvalue weighted by Crippen LogP contribution is -2.34. The third-order valence-corrected chi connectivity index (χ3v) is 7.20. The summed E-state index contributed by atoms with van der Waals surface area (Å²) in [6, 6.07) is 26.2. The number of benzene rings is 3. The zero-order valence-electron chi connectivity index (χ0n) is 17.1. The van der Waals surface area contributed by atoms with Crippen molar-refractivity contribution in [1.29, 1.82) is 0 Å². The van der Waals surface area contributed by atoms with Crippen molar-refractivity contribution in [3.05, 3.63) is 84.4 Å². The second kappa shape index (κ2) is 10.4. The molecular formula is C24H28NO3P. The summed E-state index contributed by atoms with van der Waals surface area (Å²) < 4.78 is 11.0. The summed E-state index contributed by atoms with van der Waals surface area (Å²) in [7, 11) is 2.63. The number of rotatable bonds is 9. The molecule has 0 radical (unpaired) electrons. The fourth-order valence-corrected chi connectivity index (χ4v) is 5.41. The van der Waals surface area contributed by atoms with Gasteiger partial charge in [0.05, 0.1) is 20.3 Å². The minimum atomic E-state index is -0.703. The van der Waals surface area contributed by atoms with Crippen molar-refractivity contribution in [2.45, 2.75) is 19.1 Å². The topological polar surface area (TPSA) is 50.7 Å². The van der Waals surface area contributed by atoms with Crippen molar-refractivity contribution in [3.8, 4) is 11.5 Å². The van der Waals surface area contributed by atoms with Gasteiger partial charge in [-0.3, -0.25) is 0 Å². The van der Waals surface area contributed by atoms with Crippen molar-refractivity contribution in [1.82, 2.24) is 5.32 Å². The largest absolute Gasteiger partial charge is 0.497 e. The van der Waals surface area contributed by atoms with Crippen molar-refractivity contribution in [2.75, 3.05) is 20.5 Å². The quantitative estimate of drug-likeness (QED) is 0.528. The van der Waals surface area contributed by atoms with E-state index >= 15 is 0 Å². The van der Waals surface area contributed by atoms with Gasteiger partial charge in [0.2, 0.25) is 0 Å². The molecule has 3 atom stereocenters. The van der Waals surface area contributed by atoms with Crippen molar-refractivity contribution in [3.63, 3.8) is 0 Å². The lowest BCUT2D eigenvalue weighted by molar-refractivity contribution is 0.139. The summed E-state index contributed by atoms with van der Waals surface area (Å²) in [6.07, 6.45) is 0.171. The number of ether oxygens (including phenoxy) is 2. The summed E-state index contributed by atoms with van der Waals surface area (Å²) in [5.41, 5.74) is 0.916. The maximum absolute atomic E-state index is 10.7. The fraction of sp³-hybridized carbons (Fsp3) is 0.250. The van der Waals surface area contributed by atoms with E-state index in [0.717, 1.165) is 28.7 Å². The SMILES string of the molecule is COc1cc(OC)cc(P(CN[C@@H](C)C(O)c2ccccc2)c2ccccc2)c1. The number of hydrogen-bond donors (Lipinski definition) is 2. The first kappa shape index (κ1) is 21.3. The predicted octanol–water partition coefficient (Wildman–Crippen LogP) is 3.81. The van der Waals surface area contributed by atoms with Gasteiger partial charge in [-0.05, 0) is 43.2 Å². The molecule has 29 heavy (non-hydrogen) atoms. The Morgan fingerprint density at radius 1 is 0.828 bits per heavy atom.